The summed E-state index contributed by atoms with van der Waals surface area (Å²) in [5.41, 5.74) is 0.362. The molecule has 0 saturated heterocycles. The molecule has 0 heterocycles. The van der Waals surface area contributed by atoms with E-state index in [0.717, 1.165) is 6.08 Å². The monoisotopic (exact) mass is 211 g/mol. The van der Waals surface area contributed by atoms with Crippen LogP contribution in [0.25, 0.3) is 0 Å². The summed E-state index contributed by atoms with van der Waals surface area (Å²) in [4.78, 5) is 21.5. The maximum Gasteiger partial charge on any atom is 0.333 e. The van der Waals surface area contributed by atoms with Crippen LogP contribution in [0.5, 0.6) is 0 Å². The third-order valence-electron chi connectivity index (χ3n) is 1.41. The van der Waals surface area contributed by atoms with Crippen LogP contribution in [0.15, 0.2) is 24.8 Å². The molecule has 4 nitrogen and oxygen atoms in total. The van der Waals surface area contributed by atoms with Gasteiger partial charge in [0.25, 0.3) is 0 Å². The molecule has 0 atom stereocenters. The molecule has 0 fully saturated rings. The molecule has 0 amide bonds. The van der Waals surface area contributed by atoms with Crippen LogP contribution in [0.2, 0.25) is 0 Å². The number of unbranched alkanes of at least 4 members (excludes halogenated alkanes) is 1. The number of rotatable bonds is 7. The van der Waals surface area contributed by atoms with Crippen molar-refractivity contribution in [3.05, 3.63) is 31.2 Å². The maximum absolute atomic E-state index is 10.9. The molecule has 4 heteroatoms. The third-order valence-corrected chi connectivity index (χ3v) is 1.41. The van der Waals surface area contributed by atoms with Crippen molar-refractivity contribution in [1.29, 1.82) is 0 Å². The number of ether oxygens (including phenoxy) is 2. The molecule has 1 radical (unpaired) electrons. The van der Waals surface area contributed by atoms with E-state index in [4.69, 9.17) is 9.47 Å². The fourth-order valence-electron chi connectivity index (χ4n) is 0.643. The molecule has 15 heavy (non-hydrogen) atoms. The summed E-state index contributed by atoms with van der Waals surface area (Å²) in [6.45, 7) is 8.72. The van der Waals surface area contributed by atoms with Gasteiger partial charge in [-0.2, -0.15) is 0 Å². The SMILES string of the molecule is C=CC(=O)OCC[CH]COC(=O)C(=C)C. The first-order valence-electron chi connectivity index (χ1n) is 4.51. The van der Waals surface area contributed by atoms with E-state index in [9.17, 15) is 9.59 Å². The van der Waals surface area contributed by atoms with Crippen LogP contribution >= 0.6 is 0 Å². The zero-order valence-corrected chi connectivity index (χ0v) is 8.82. The molecule has 0 aliphatic rings. The Kier molecular flexibility index (Phi) is 6.97. The average molecular weight is 211 g/mol. The first-order chi connectivity index (χ1) is 7.07. The second-order valence-electron chi connectivity index (χ2n) is 2.83. The summed E-state index contributed by atoms with van der Waals surface area (Å²) < 4.78 is 9.48. The van der Waals surface area contributed by atoms with Crippen molar-refractivity contribution < 1.29 is 19.1 Å². The Morgan fingerprint density at radius 3 is 2.53 bits per heavy atom. The highest BCUT2D eigenvalue weighted by atomic mass is 16.5. The highest BCUT2D eigenvalue weighted by molar-refractivity contribution is 5.86. The molecule has 0 saturated carbocycles. The van der Waals surface area contributed by atoms with Gasteiger partial charge in [-0.15, -0.1) is 0 Å². The third kappa shape index (κ3) is 7.49. The van der Waals surface area contributed by atoms with Crippen LogP contribution in [-0.2, 0) is 19.1 Å². The Bertz CT molecular complexity index is 255. The minimum atomic E-state index is -0.456. The van der Waals surface area contributed by atoms with Crippen LogP contribution in [0.4, 0.5) is 0 Å². The zero-order chi connectivity index (χ0) is 11.7. The molecule has 0 aromatic heterocycles. The quantitative estimate of drug-likeness (QED) is 0.363. The molecule has 0 rings (SSSR count). The van der Waals surface area contributed by atoms with Crippen molar-refractivity contribution in [2.45, 2.75) is 13.3 Å². The molecule has 83 valence electrons. The molecule has 0 unspecified atom stereocenters. The zero-order valence-electron chi connectivity index (χ0n) is 8.82. The Morgan fingerprint density at radius 2 is 2.00 bits per heavy atom. The lowest BCUT2D eigenvalue weighted by atomic mass is 10.3. The highest BCUT2D eigenvalue weighted by Crippen LogP contribution is 1.95. The Balaban J connectivity index is 3.32. The van der Waals surface area contributed by atoms with Crippen LogP contribution in [0.1, 0.15) is 13.3 Å². The van der Waals surface area contributed by atoms with Gasteiger partial charge in [-0.25, -0.2) is 9.59 Å². The van der Waals surface area contributed by atoms with Gasteiger partial charge in [0.2, 0.25) is 0 Å². The predicted octanol–water partition coefficient (Wildman–Crippen LogP) is 1.43. The lowest BCUT2D eigenvalue weighted by Crippen LogP contribution is -2.08. The summed E-state index contributed by atoms with van der Waals surface area (Å²) in [5.74, 6) is -0.878. The molecule has 0 aliphatic carbocycles. The first-order valence-corrected chi connectivity index (χ1v) is 4.51. The van der Waals surface area contributed by atoms with Gasteiger partial charge in [-0.05, 0) is 13.3 Å². The van der Waals surface area contributed by atoms with Crippen LogP contribution in [0.3, 0.4) is 0 Å². The van der Waals surface area contributed by atoms with Gasteiger partial charge in [-0.1, -0.05) is 13.2 Å². The van der Waals surface area contributed by atoms with Crippen molar-refractivity contribution in [1.82, 2.24) is 0 Å². The topological polar surface area (TPSA) is 52.6 Å². The number of carbonyl (C=O) groups is 2. The fourth-order valence-corrected chi connectivity index (χ4v) is 0.643. The largest absolute Gasteiger partial charge is 0.463 e. The van der Waals surface area contributed by atoms with Gasteiger partial charge in [0.05, 0.1) is 13.2 Å². The average Bonchev–Trinajstić information content (AvgIpc) is 2.22. The highest BCUT2D eigenvalue weighted by Gasteiger charge is 2.02. The van der Waals surface area contributed by atoms with Crippen LogP contribution in [-0.4, -0.2) is 25.2 Å². The Labute approximate surface area is 89.6 Å². The molecular weight excluding hydrogens is 196 g/mol. The van der Waals surface area contributed by atoms with E-state index >= 15 is 0 Å². The van der Waals surface area contributed by atoms with Gasteiger partial charge in [0.1, 0.15) is 0 Å². The normalized spacial score (nSPS) is 9.13. The summed E-state index contributed by atoms with van der Waals surface area (Å²) in [6, 6.07) is 0. The number of esters is 2. The second-order valence-corrected chi connectivity index (χ2v) is 2.83. The minimum Gasteiger partial charge on any atom is -0.463 e. The summed E-state index contributed by atoms with van der Waals surface area (Å²) >= 11 is 0. The summed E-state index contributed by atoms with van der Waals surface area (Å²) in [5, 5.41) is 0. The van der Waals surface area contributed by atoms with Crippen molar-refractivity contribution >= 4 is 11.9 Å². The summed E-state index contributed by atoms with van der Waals surface area (Å²) in [6.07, 6.45) is 3.33. The number of hydrogen-bond donors (Lipinski definition) is 0. The van der Waals surface area contributed by atoms with Crippen LogP contribution in [0, 0.1) is 6.42 Å². The van der Waals surface area contributed by atoms with E-state index in [0.29, 0.717) is 12.0 Å². The van der Waals surface area contributed by atoms with E-state index in [2.05, 4.69) is 13.2 Å². The molecule has 0 N–H and O–H groups in total. The fraction of sp³-hybridized carbons (Fsp3) is 0.364. The van der Waals surface area contributed by atoms with Gasteiger partial charge in [0.15, 0.2) is 0 Å². The van der Waals surface area contributed by atoms with E-state index < -0.39 is 11.9 Å². The first kappa shape index (κ1) is 13.4. The van der Waals surface area contributed by atoms with E-state index in [1.807, 2.05) is 0 Å². The van der Waals surface area contributed by atoms with Gasteiger partial charge in [-0.3, -0.25) is 0 Å². The molecule has 0 aliphatic heterocycles. The Morgan fingerprint density at radius 1 is 1.33 bits per heavy atom. The van der Waals surface area contributed by atoms with Crippen molar-refractivity contribution in [2.24, 2.45) is 0 Å². The van der Waals surface area contributed by atoms with E-state index in [-0.39, 0.29) is 13.2 Å². The molecule has 0 aromatic carbocycles. The lowest BCUT2D eigenvalue weighted by molar-refractivity contribution is -0.139. The van der Waals surface area contributed by atoms with Gasteiger partial charge < -0.3 is 9.47 Å². The Hall–Kier alpha value is -1.58. The van der Waals surface area contributed by atoms with Gasteiger partial charge >= 0.3 is 11.9 Å². The van der Waals surface area contributed by atoms with Crippen molar-refractivity contribution in [2.75, 3.05) is 13.2 Å². The van der Waals surface area contributed by atoms with Gasteiger partial charge in [0, 0.05) is 18.1 Å². The molecule has 0 bridgehead atoms. The summed E-state index contributed by atoms with van der Waals surface area (Å²) in [7, 11) is 0. The van der Waals surface area contributed by atoms with Crippen molar-refractivity contribution in [3.63, 3.8) is 0 Å². The molecule has 0 spiro atoms. The van der Waals surface area contributed by atoms with E-state index in [1.165, 1.54) is 0 Å². The standard InChI is InChI=1S/C11H15O4/c1-4-10(12)14-7-5-6-8-15-11(13)9(2)3/h4,6H,1-2,5,7-8H2,3H3. The second kappa shape index (κ2) is 7.79. The smallest absolute Gasteiger partial charge is 0.333 e. The maximum atomic E-state index is 10.9. The van der Waals surface area contributed by atoms with Crippen LogP contribution < -0.4 is 0 Å². The molecule has 0 aromatic rings. The number of carbonyl (C=O) groups excluding carboxylic acids is 2. The number of hydrogen-bond acceptors (Lipinski definition) is 4. The minimum absolute atomic E-state index is 0.192. The predicted molar refractivity (Wildman–Crippen MR) is 55.8 cm³/mol. The van der Waals surface area contributed by atoms with E-state index in [1.54, 1.807) is 13.3 Å². The lowest BCUT2D eigenvalue weighted by Gasteiger charge is -2.04. The van der Waals surface area contributed by atoms with Crippen molar-refractivity contribution in [3.8, 4) is 0 Å². The molecular formula is C11H15O4.